The molecule has 0 aromatic carbocycles. The van der Waals surface area contributed by atoms with Gasteiger partial charge in [0.2, 0.25) is 0 Å². The SMILES string of the molecule is Cc1cnc(N(c2cncc(N)n2)[C@@H](C)c2ncc(F)cn2)s1. The molecule has 9 heteroatoms. The van der Waals surface area contributed by atoms with Crippen molar-refractivity contribution in [2.24, 2.45) is 0 Å². The topological polar surface area (TPSA) is 93.7 Å². The van der Waals surface area contributed by atoms with Gasteiger partial charge in [0.25, 0.3) is 0 Å². The van der Waals surface area contributed by atoms with Crippen LogP contribution >= 0.6 is 11.3 Å². The van der Waals surface area contributed by atoms with Crippen molar-refractivity contribution in [3.05, 3.63) is 47.5 Å². The highest BCUT2D eigenvalue weighted by molar-refractivity contribution is 7.15. The maximum Gasteiger partial charge on any atom is 0.191 e. The fourth-order valence-corrected chi connectivity index (χ4v) is 2.90. The summed E-state index contributed by atoms with van der Waals surface area (Å²) in [5, 5.41) is 0.711. The molecule has 1 atom stereocenters. The van der Waals surface area contributed by atoms with Gasteiger partial charge in [-0.15, -0.1) is 11.3 Å². The summed E-state index contributed by atoms with van der Waals surface area (Å²) < 4.78 is 13.1. The van der Waals surface area contributed by atoms with Gasteiger partial charge in [-0.1, -0.05) is 0 Å². The number of nitrogens with zero attached hydrogens (tertiary/aromatic N) is 6. The van der Waals surface area contributed by atoms with Crippen molar-refractivity contribution >= 4 is 28.1 Å². The molecule has 0 bridgehead atoms. The molecule has 3 aromatic heterocycles. The average molecular weight is 331 g/mol. The number of halogens is 1. The second kappa shape index (κ2) is 6.21. The van der Waals surface area contributed by atoms with Gasteiger partial charge in [0.1, 0.15) is 5.82 Å². The Kier molecular flexibility index (Phi) is 4.11. The Morgan fingerprint density at radius 1 is 1.13 bits per heavy atom. The summed E-state index contributed by atoms with van der Waals surface area (Å²) in [5.41, 5.74) is 5.74. The van der Waals surface area contributed by atoms with Crippen LogP contribution in [0.3, 0.4) is 0 Å². The van der Waals surface area contributed by atoms with E-state index in [1.807, 2.05) is 18.7 Å². The summed E-state index contributed by atoms with van der Waals surface area (Å²) in [6.07, 6.45) is 7.09. The van der Waals surface area contributed by atoms with E-state index in [2.05, 4.69) is 24.9 Å². The van der Waals surface area contributed by atoms with Crippen LogP contribution in [0.2, 0.25) is 0 Å². The number of anilines is 3. The zero-order chi connectivity index (χ0) is 16.4. The Hall–Kier alpha value is -2.68. The van der Waals surface area contributed by atoms with Crippen molar-refractivity contribution in [2.75, 3.05) is 10.6 Å². The van der Waals surface area contributed by atoms with E-state index < -0.39 is 5.82 Å². The monoisotopic (exact) mass is 331 g/mol. The minimum absolute atomic E-state index is 0.299. The minimum Gasteiger partial charge on any atom is -0.382 e. The summed E-state index contributed by atoms with van der Waals surface area (Å²) in [4.78, 5) is 23.7. The van der Waals surface area contributed by atoms with Crippen LogP contribution in [-0.2, 0) is 0 Å². The van der Waals surface area contributed by atoms with Gasteiger partial charge in [-0.25, -0.2) is 24.3 Å². The first-order chi connectivity index (χ1) is 11.0. The Balaban J connectivity index is 2.06. The number of nitrogens with two attached hydrogens (primary N) is 1. The van der Waals surface area contributed by atoms with E-state index in [0.717, 1.165) is 17.3 Å². The van der Waals surface area contributed by atoms with E-state index >= 15 is 0 Å². The summed E-state index contributed by atoms with van der Waals surface area (Å²) in [7, 11) is 0. The molecule has 3 heterocycles. The molecule has 0 aliphatic carbocycles. The smallest absolute Gasteiger partial charge is 0.191 e. The molecule has 0 radical (unpaired) electrons. The van der Waals surface area contributed by atoms with Crippen LogP contribution in [0.4, 0.5) is 21.2 Å². The second-order valence-corrected chi connectivity index (χ2v) is 6.07. The second-order valence-electron chi connectivity index (χ2n) is 4.86. The molecule has 0 saturated heterocycles. The molecule has 7 nitrogen and oxygen atoms in total. The fourth-order valence-electron chi connectivity index (χ4n) is 2.06. The van der Waals surface area contributed by atoms with Gasteiger partial charge in [0.15, 0.2) is 22.6 Å². The van der Waals surface area contributed by atoms with Gasteiger partial charge in [-0.3, -0.25) is 9.88 Å². The van der Waals surface area contributed by atoms with Crippen molar-refractivity contribution in [1.82, 2.24) is 24.9 Å². The van der Waals surface area contributed by atoms with Crippen LogP contribution in [0.1, 0.15) is 23.7 Å². The number of hydrogen-bond donors (Lipinski definition) is 1. The first-order valence-corrected chi connectivity index (χ1v) is 7.63. The lowest BCUT2D eigenvalue weighted by atomic mass is 10.2. The molecular formula is C14H14FN7S. The molecular weight excluding hydrogens is 317 g/mol. The third-order valence-corrected chi connectivity index (χ3v) is 4.02. The molecule has 0 spiro atoms. The highest BCUT2D eigenvalue weighted by Gasteiger charge is 2.24. The number of aryl methyl sites for hydroxylation is 1. The molecule has 0 aliphatic heterocycles. The lowest BCUT2D eigenvalue weighted by molar-refractivity contribution is 0.599. The lowest BCUT2D eigenvalue weighted by Crippen LogP contribution is -2.24. The minimum atomic E-state index is -0.485. The third kappa shape index (κ3) is 3.24. The van der Waals surface area contributed by atoms with Crippen molar-refractivity contribution < 1.29 is 4.39 Å². The van der Waals surface area contributed by atoms with E-state index in [1.54, 1.807) is 12.4 Å². The first kappa shape index (κ1) is 15.2. The number of hydrogen-bond acceptors (Lipinski definition) is 8. The number of nitrogen functional groups attached to an aromatic ring is 1. The van der Waals surface area contributed by atoms with Crippen LogP contribution in [0.5, 0.6) is 0 Å². The number of rotatable bonds is 4. The zero-order valence-corrected chi connectivity index (χ0v) is 13.3. The molecule has 2 N–H and O–H groups in total. The molecule has 0 unspecified atom stereocenters. The molecule has 0 amide bonds. The van der Waals surface area contributed by atoms with E-state index in [9.17, 15) is 4.39 Å². The summed E-state index contributed by atoms with van der Waals surface area (Å²) in [6, 6.07) is -0.322. The molecule has 0 fully saturated rings. The summed E-state index contributed by atoms with van der Waals surface area (Å²) in [6.45, 7) is 3.85. The Morgan fingerprint density at radius 2 is 1.87 bits per heavy atom. The molecule has 23 heavy (non-hydrogen) atoms. The largest absolute Gasteiger partial charge is 0.382 e. The number of aromatic nitrogens is 5. The van der Waals surface area contributed by atoms with Gasteiger partial charge in [-0.2, -0.15) is 0 Å². The molecule has 0 saturated carbocycles. The first-order valence-electron chi connectivity index (χ1n) is 6.81. The van der Waals surface area contributed by atoms with E-state index in [4.69, 9.17) is 5.73 Å². The van der Waals surface area contributed by atoms with Crippen LogP contribution in [-0.4, -0.2) is 24.9 Å². The average Bonchev–Trinajstić information content (AvgIpc) is 2.94. The van der Waals surface area contributed by atoms with Crippen LogP contribution < -0.4 is 10.6 Å². The maximum absolute atomic E-state index is 13.1. The predicted molar refractivity (Wildman–Crippen MR) is 85.8 cm³/mol. The van der Waals surface area contributed by atoms with Crippen molar-refractivity contribution in [2.45, 2.75) is 19.9 Å². The zero-order valence-electron chi connectivity index (χ0n) is 12.5. The van der Waals surface area contributed by atoms with Crippen molar-refractivity contribution in [3.63, 3.8) is 0 Å². The van der Waals surface area contributed by atoms with Gasteiger partial charge in [0.05, 0.1) is 30.8 Å². The summed E-state index contributed by atoms with van der Waals surface area (Å²) in [5.74, 6) is 0.789. The molecule has 3 rings (SSSR count). The van der Waals surface area contributed by atoms with Gasteiger partial charge in [-0.05, 0) is 13.8 Å². The molecule has 0 aliphatic rings. The van der Waals surface area contributed by atoms with Gasteiger partial charge >= 0.3 is 0 Å². The van der Waals surface area contributed by atoms with E-state index in [1.165, 1.54) is 17.5 Å². The van der Waals surface area contributed by atoms with Crippen LogP contribution in [0.15, 0.2) is 31.0 Å². The van der Waals surface area contributed by atoms with Crippen LogP contribution in [0, 0.1) is 12.7 Å². The fraction of sp³-hybridized carbons (Fsp3) is 0.214. The number of thiazole rings is 1. The van der Waals surface area contributed by atoms with Crippen molar-refractivity contribution in [1.29, 1.82) is 0 Å². The Labute approximate surface area is 136 Å². The van der Waals surface area contributed by atoms with Gasteiger partial charge < -0.3 is 5.73 Å². The summed E-state index contributed by atoms with van der Waals surface area (Å²) >= 11 is 1.50. The van der Waals surface area contributed by atoms with Crippen LogP contribution in [0.25, 0.3) is 0 Å². The van der Waals surface area contributed by atoms with Gasteiger partial charge in [0, 0.05) is 11.1 Å². The normalized spacial score (nSPS) is 12.1. The maximum atomic E-state index is 13.1. The highest BCUT2D eigenvalue weighted by Crippen LogP contribution is 2.35. The highest BCUT2D eigenvalue weighted by atomic mass is 32.1. The Bertz CT molecular complexity index is 805. The standard InChI is InChI=1S/C14H14FN7S/c1-8-3-20-14(23-8)22(12-7-17-6-11(16)21-12)9(2)13-18-4-10(15)5-19-13/h3-7,9H,1-2H3,(H2,16,21)/t9-/m0/s1. The quantitative estimate of drug-likeness (QED) is 0.785. The van der Waals surface area contributed by atoms with Crippen molar-refractivity contribution in [3.8, 4) is 0 Å². The lowest BCUT2D eigenvalue weighted by Gasteiger charge is -2.26. The van der Waals surface area contributed by atoms with E-state index in [0.29, 0.717) is 22.6 Å². The predicted octanol–water partition coefficient (Wildman–Crippen LogP) is 2.65. The Morgan fingerprint density at radius 3 is 2.48 bits per heavy atom. The molecule has 118 valence electrons. The molecule has 3 aromatic rings. The van der Waals surface area contributed by atoms with E-state index in [-0.39, 0.29) is 6.04 Å². The third-order valence-electron chi connectivity index (χ3n) is 3.10.